The van der Waals surface area contributed by atoms with Crippen molar-refractivity contribution in [3.05, 3.63) is 80.1 Å². The van der Waals surface area contributed by atoms with Crippen LogP contribution in [-0.4, -0.2) is 22.4 Å². The molecule has 1 aromatic heterocycles. The van der Waals surface area contributed by atoms with Gasteiger partial charge in [-0.05, 0) is 42.3 Å². The number of H-pyrrole nitrogens is 2. The Morgan fingerprint density at radius 1 is 1.00 bits per heavy atom. The predicted molar refractivity (Wildman–Crippen MR) is 87.6 cm³/mol. The van der Waals surface area contributed by atoms with Gasteiger partial charge < -0.3 is 15.3 Å². The van der Waals surface area contributed by atoms with E-state index in [2.05, 4.69) is 15.3 Å². The van der Waals surface area contributed by atoms with Crippen molar-refractivity contribution < 1.29 is 9.18 Å². The summed E-state index contributed by atoms with van der Waals surface area (Å²) in [6, 6.07) is 10.8. The van der Waals surface area contributed by atoms with E-state index in [0.29, 0.717) is 29.6 Å². The Morgan fingerprint density at radius 2 is 1.75 bits per heavy atom. The van der Waals surface area contributed by atoms with Crippen molar-refractivity contribution >= 4 is 16.9 Å². The van der Waals surface area contributed by atoms with E-state index in [1.807, 2.05) is 0 Å². The molecule has 3 rings (SSSR count). The van der Waals surface area contributed by atoms with Crippen LogP contribution in [0, 0.1) is 5.82 Å². The average Bonchev–Trinajstić information content (AvgIpc) is 2.55. The molecule has 3 aromatic rings. The van der Waals surface area contributed by atoms with E-state index in [-0.39, 0.29) is 11.7 Å². The molecule has 0 saturated carbocycles. The number of aromatic amines is 2. The largest absolute Gasteiger partial charge is 0.352 e. The van der Waals surface area contributed by atoms with Crippen molar-refractivity contribution in [3.63, 3.8) is 0 Å². The third-order valence-corrected chi connectivity index (χ3v) is 3.57. The van der Waals surface area contributed by atoms with E-state index in [4.69, 9.17) is 0 Å². The molecule has 24 heavy (non-hydrogen) atoms. The van der Waals surface area contributed by atoms with Gasteiger partial charge in [0.15, 0.2) is 0 Å². The summed E-state index contributed by atoms with van der Waals surface area (Å²) in [5.74, 6) is -0.633. The predicted octanol–water partition coefficient (Wildman–Crippen LogP) is 1.33. The van der Waals surface area contributed by atoms with Crippen LogP contribution in [0.25, 0.3) is 11.0 Å². The van der Waals surface area contributed by atoms with Crippen LogP contribution in [-0.2, 0) is 6.42 Å². The molecule has 0 unspecified atom stereocenters. The van der Waals surface area contributed by atoms with Gasteiger partial charge in [0, 0.05) is 12.1 Å². The minimum Gasteiger partial charge on any atom is -0.352 e. The van der Waals surface area contributed by atoms with E-state index in [1.54, 1.807) is 24.3 Å². The first kappa shape index (κ1) is 15.7. The molecule has 0 aliphatic carbocycles. The molecule has 0 bridgehead atoms. The fourth-order valence-corrected chi connectivity index (χ4v) is 2.37. The number of halogens is 1. The summed E-state index contributed by atoms with van der Waals surface area (Å²) >= 11 is 0. The molecule has 0 radical (unpaired) electrons. The molecule has 0 aliphatic rings. The number of benzene rings is 2. The molecule has 0 spiro atoms. The molecule has 0 aliphatic heterocycles. The minimum absolute atomic E-state index is 0.314. The monoisotopic (exact) mass is 327 g/mol. The van der Waals surface area contributed by atoms with Gasteiger partial charge in [0.05, 0.1) is 11.0 Å². The number of rotatable bonds is 4. The Morgan fingerprint density at radius 3 is 2.50 bits per heavy atom. The van der Waals surface area contributed by atoms with E-state index >= 15 is 0 Å². The smallest absolute Gasteiger partial charge is 0.314 e. The van der Waals surface area contributed by atoms with Crippen molar-refractivity contribution in [1.29, 1.82) is 0 Å². The molecular formula is C17H14FN3O3. The topological polar surface area (TPSA) is 94.8 Å². The number of carbonyl (C=O) groups excluding carboxylic acids is 1. The van der Waals surface area contributed by atoms with Crippen LogP contribution in [0.4, 0.5) is 4.39 Å². The fraction of sp³-hybridized carbons (Fsp3) is 0.118. The lowest BCUT2D eigenvalue weighted by Gasteiger charge is -2.06. The van der Waals surface area contributed by atoms with Crippen LogP contribution in [0.15, 0.2) is 52.1 Å². The SMILES string of the molecule is O=C(NCCc1cccc(F)c1)c1ccc2[nH]c(=O)c(=O)[nH]c2c1. The van der Waals surface area contributed by atoms with Crippen LogP contribution >= 0.6 is 0 Å². The molecule has 0 atom stereocenters. The summed E-state index contributed by atoms with van der Waals surface area (Å²) in [6.07, 6.45) is 0.501. The lowest BCUT2D eigenvalue weighted by Crippen LogP contribution is -2.29. The standard InChI is InChI=1S/C17H14FN3O3/c18-12-3-1-2-10(8-12)6-7-19-15(22)11-4-5-13-14(9-11)21-17(24)16(23)20-13/h1-5,8-9H,6-7H2,(H,19,22)(H,20,23)(H,21,24). The summed E-state index contributed by atoms with van der Waals surface area (Å²) in [5.41, 5.74) is 0.439. The molecule has 122 valence electrons. The average molecular weight is 327 g/mol. The maximum Gasteiger partial charge on any atom is 0.314 e. The molecule has 0 saturated heterocycles. The van der Waals surface area contributed by atoms with E-state index in [9.17, 15) is 18.8 Å². The Kier molecular flexibility index (Phi) is 4.24. The lowest BCUT2D eigenvalue weighted by molar-refractivity contribution is 0.0954. The van der Waals surface area contributed by atoms with Crippen molar-refractivity contribution in [3.8, 4) is 0 Å². The van der Waals surface area contributed by atoms with Crippen LogP contribution < -0.4 is 16.4 Å². The molecule has 1 amide bonds. The normalized spacial score (nSPS) is 10.7. The Hall–Kier alpha value is -3.22. The summed E-state index contributed by atoms with van der Waals surface area (Å²) in [7, 11) is 0. The van der Waals surface area contributed by atoms with Gasteiger partial charge in [0.1, 0.15) is 5.82 Å². The Bertz CT molecular complexity index is 1020. The second-order valence-electron chi connectivity index (χ2n) is 5.30. The highest BCUT2D eigenvalue weighted by Gasteiger charge is 2.07. The second-order valence-corrected chi connectivity index (χ2v) is 5.30. The Balaban J connectivity index is 1.70. The molecule has 1 heterocycles. The van der Waals surface area contributed by atoms with Crippen LogP contribution in [0.5, 0.6) is 0 Å². The zero-order valence-electron chi connectivity index (χ0n) is 12.6. The second kappa shape index (κ2) is 6.49. The molecule has 0 fully saturated rings. The fourth-order valence-electron chi connectivity index (χ4n) is 2.37. The highest BCUT2D eigenvalue weighted by molar-refractivity contribution is 5.97. The van der Waals surface area contributed by atoms with Crippen molar-refractivity contribution in [2.24, 2.45) is 0 Å². The maximum absolute atomic E-state index is 13.1. The summed E-state index contributed by atoms with van der Waals surface area (Å²) in [5, 5.41) is 2.73. The molecule has 2 aromatic carbocycles. The summed E-state index contributed by atoms with van der Waals surface area (Å²) in [4.78, 5) is 39.6. The zero-order chi connectivity index (χ0) is 17.1. The number of aromatic nitrogens is 2. The number of amides is 1. The van der Waals surface area contributed by atoms with Gasteiger partial charge in [0.2, 0.25) is 0 Å². The number of hydrogen-bond acceptors (Lipinski definition) is 3. The molecule has 7 heteroatoms. The zero-order valence-corrected chi connectivity index (χ0v) is 12.6. The van der Waals surface area contributed by atoms with Crippen molar-refractivity contribution in [2.45, 2.75) is 6.42 Å². The first-order chi connectivity index (χ1) is 11.5. The van der Waals surface area contributed by atoms with Gasteiger partial charge in [0.25, 0.3) is 5.91 Å². The maximum atomic E-state index is 13.1. The molecule has 6 nitrogen and oxygen atoms in total. The lowest BCUT2D eigenvalue weighted by atomic mass is 10.1. The van der Waals surface area contributed by atoms with Gasteiger partial charge in [-0.15, -0.1) is 0 Å². The van der Waals surface area contributed by atoms with Crippen molar-refractivity contribution in [1.82, 2.24) is 15.3 Å². The highest BCUT2D eigenvalue weighted by atomic mass is 19.1. The van der Waals surface area contributed by atoms with E-state index < -0.39 is 11.1 Å². The van der Waals surface area contributed by atoms with E-state index in [1.165, 1.54) is 18.2 Å². The summed E-state index contributed by atoms with van der Waals surface area (Å²) in [6.45, 7) is 0.350. The third kappa shape index (κ3) is 3.40. The summed E-state index contributed by atoms with van der Waals surface area (Å²) < 4.78 is 13.1. The van der Waals surface area contributed by atoms with Gasteiger partial charge in [-0.3, -0.25) is 14.4 Å². The van der Waals surface area contributed by atoms with Gasteiger partial charge in [-0.2, -0.15) is 0 Å². The number of carbonyl (C=O) groups is 1. The van der Waals surface area contributed by atoms with Crippen LogP contribution in [0.3, 0.4) is 0 Å². The molecular weight excluding hydrogens is 313 g/mol. The quantitative estimate of drug-likeness (QED) is 0.631. The number of hydrogen-bond donors (Lipinski definition) is 3. The highest BCUT2D eigenvalue weighted by Crippen LogP contribution is 2.09. The van der Waals surface area contributed by atoms with Gasteiger partial charge >= 0.3 is 11.1 Å². The third-order valence-electron chi connectivity index (χ3n) is 3.57. The molecule has 3 N–H and O–H groups in total. The van der Waals surface area contributed by atoms with Gasteiger partial charge in [-0.1, -0.05) is 12.1 Å². The first-order valence-corrected chi connectivity index (χ1v) is 7.32. The minimum atomic E-state index is -0.772. The van der Waals surface area contributed by atoms with Crippen LogP contribution in [0.2, 0.25) is 0 Å². The van der Waals surface area contributed by atoms with Gasteiger partial charge in [-0.25, -0.2) is 4.39 Å². The van der Waals surface area contributed by atoms with Crippen LogP contribution in [0.1, 0.15) is 15.9 Å². The number of nitrogens with one attached hydrogen (secondary N) is 3. The first-order valence-electron chi connectivity index (χ1n) is 7.32. The Labute approximate surface area is 135 Å². The van der Waals surface area contributed by atoms with E-state index in [0.717, 1.165) is 5.56 Å². The number of fused-ring (bicyclic) bond motifs is 1. The van der Waals surface area contributed by atoms with Crippen molar-refractivity contribution in [2.75, 3.05) is 6.54 Å².